The Hall–Kier alpha value is -1.83. The van der Waals surface area contributed by atoms with Crippen LogP contribution >= 0.6 is 0 Å². The zero-order valence-electron chi connectivity index (χ0n) is 11.9. The van der Waals surface area contributed by atoms with Gasteiger partial charge >= 0.3 is 12.0 Å². The van der Waals surface area contributed by atoms with E-state index >= 15 is 0 Å². The van der Waals surface area contributed by atoms with Crippen molar-refractivity contribution in [2.45, 2.75) is 45.2 Å². The van der Waals surface area contributed by atoms with Crippen molar-refractivity contribution in [3.05, 3.63) is 0 Å². The number of nitrogens with two attached hydrogens (primary N) is 2. The van der Waals surface area contributed by atoms with Gasteiger partial charge in [-0.25, -0.2) is 9.59 Å². The first-order valence-corrected chi connectivity index (χ1v) is 6.56. The van der Waals surface area contributed by atoms with Crippen molar-refractivity contribution < 1.29 is 19.5 Å². The van der Waals surface area contributed by atoms with E-state index in [0.29, 0.717) is 25.8 Å². The van der Waals surface area contributed by atoms with Gasteiger partial charge in [0.2, 0.25) is 5.91 Å². The Balaban J connectivity index is 4.15. The molecule has 0 bridgehead atoms. The van der Waals surface area contributed by atoms with E-state index in [-0.39, 0.29) is 5.92 Å². The molecule has 0 unspecified atom stereocenters. The first-order valence-electron chi connectivity index (χ1n) is 6.56. The zero-order chi connectivity index (χ0) is 15.7. The van der Waals surface area contributed by atoms with E-state index in [4.69, 9.17) is 16.6 Å². The molecule has 8 nitrogen and oxygen atoms in total. The highest BCUT2D eigenvalue weighted by atomic mass is 16.4. The van der Waals surface area contributed by atoms with Crippen molar-refractivity contribution in [3.63, 3.8) is 0 Å². The van der Waals surface area contributed by atoms with Gasteiger partial charge in [-0.05, 0) is 25.2 Å². The summed E-state index contributed by atoms with van der Waals surface area (Å²) in [5.74, 6) is -1.43. The maximum atomic E-state index is 11.8. The molecule has 116 valence electrons. The van der Waals surface area contributed by atoms with Crippen LogP contribution in [-0.4, -0.2) is 41.6 Å². The number of aliphatic carboxylic acids is 1. The lowest BCUT2D eigenvalue weighted by Gasteiger charge is -2.19. The van der Waals surface area contributed by atoms with Crippen LogP contribution < -0.4 is 22.1 Å². The van der Waals surface area contributed by atoms with E-state index in [9.17, 15) is 14.4 Å². The lowest BCUT2D eigenvalue weighted by molar-refractivity contribution is -0.142. The van der Waals surface area contributed by atoms with Gasteiger partial charge in [0.15, 0.2) is 0 Å². The molecule has 0 radical (unpaired) electrons. The number of nitrogens with one attached hydrogen (secondary N) is 2. The first kappa shape index (κ1) is 18.2. The molecule has 0 aromatic heterocycles. The predicted molar refractivity (Wildman–Crippen MR) is 73.8 cm³/mol. The Morgan fingerprint density at radius 2 is 1.85 bits per heavy atom. The van der Waals surface area contributed by atoms with Gasteiger partial charge in [0, 0.05) is 6.54 Å². The fourth-order valence-electron chi connectivity index (χ4n) is 1.64. The number of carbonyl (C=O) groups is 3. The van der Waals surface area contributed by atoms with E-state index < -0.39 is 30.0 Å². The van der Waals surface area contributed by atoms with Crippen LogP contribution in [0.25, 0.3) is 0 Å². The number of carbonyl (C=O) groups excluding carboxylic acids is 2. The Kier molecular flexibility index (Phi) is 8.30. The molecule has 20 heavy (non-hydrogen) atoms. The van der Waals surface area contributed by atoms with Gasteiger partial charge in [-0.1, -0.05) is 13.8 Å². The number of urea groups is 1. The molecule has 0 aliphatic carbocycles. The molecule has 3 amide bonds. The smallest absolute Gasteiger partial charge is 0.326 e. The van der Waals surface area contributed by atoms with Crippen molar-refractivity contribution in [1.29, 1.82) is 0 Å². The molecule has 8 heteroatoms. The van der Waals surface area contributed by atoms with E-state index in [1.165, 1.54) is 0 Å². The molecule has 0 aromatic carbocycles. The largest absolute Gasteiger partial charge is 0.480 e. The maximum Gasteiger partial charge on any atom is 0.326 e. The van der Waals surface area contributed by atoms with Crippen LogP contribution in [0.1, 0.15) is 33.1 Å². The average Bonchev–Trinajstić information content (AvgIpc) is 2.32. The second-order valence-electron chi connectivity index (χ2n) is 5.07. The topological polar surface area (TPSA) is 148 Å². The minimum atomic E-state index is -1.07. The third kappa shape index (κ3) is 8.30. The van der Waals surface area contributed by atoms with Crippen LogP contribution in [0.4, 0.5) is 4.79 Å². The second-order valence-corrected chi connectivity index (χ2v) is 5.07. The van der Waals surface area contributed by atoms with Crippen LogP contribution in [0.2, 0.25) is 0 Å². The summed E-state index contributed by atoms with van der Waals surface area (Å²) in [5, 5.41) is 13.8. The summed E-state index contributed by atoms with van der Waals surface area (Å²) in [7, 11) is 0. The van der Waals surface area contributed by atoms with Crippen molar-refractivity contribution in [2.24, 2.45) is 17.4 Å². The summed E-state index contributed by atoms with van der Waals surface area (Å²) in [6, 6.07) is -2.37. The summed E-state index contributed by atoms with van der Waals surface area (Å²) in [5.41, 5.74) is 10.6. The Morgan fingerprint density at radius 3 is 2.30 bits per heavy atom. The standard InChI is InChI=1S/C12H24N4O4/c1-7(2)6-9(11(18)19)16-10(17)8(13)4-3-5-15-12(14)20/h7-9H,3-6,13H2,1-2H3,(H,16,17)(H,18,19)(H3,14,15,20)/t8-,9-/m0/s1. The van der Waals surface area contributed by atoms with E-state index in [0.717, 1.165) is 0 Å². The van der Waals surface area contributed by atoms with Gasteiger partial charge in [-0.3, -0.25) is 4.79 Å². The van der Waals surface area contributed by atoms with Crippen LogP contribution in [0.3, 0.4) is 0 Å². The number of amides is 3. The number of carboxylic acid groups (broad SMARTS) is 1. The van der Waals surface area contributed by atoms with Gasteiger partial charge in [-0.15, -0.1) is 0 Å². The molecule has 0 saturated carbocycles. The molecule has 2 atom stereocenters. The van der Waals surface area contributed by atoms with Gasteiger partial charge in [0.1, 0.15) is 6.04 Å². The van der Waals surface area contributed by atoms with E-state index in [1.54, 1.807) is 0 Å². The third-order valence-corrected chi connectivity index (χ3v) is 2.65. The highest BCUT2D eigenvalue weighted by molar-refractivity contribution is 5.86. The van der Waals surface area contributed by atoms with Gasteiger partial charge in [0.25, 0.3) is 0 Å². The first-order chi connectivity index (χ1) is 9.23. The van der Waals surface area contributed by atoms with E-state index in [2.05, 4.69) is 10.6 Å². The van der Waals surface area contributed by atoms with Crippen LogP contribution in [-0.2, 0) is 9.59 Å². The minimum absolute atomic E-state index is 0.146. The van der Waals surface area contributed by atoms with Gasteiger partial charge in [0.05, 0.1) is 6.04 Å². The van der Waals surface area contributed by atoms with Crippen molar-refractivity contribution in [3.8, 4) is 0 Å². The summed E-state index contributed by atoms with van der Waals surface area (Å²) >= 11 is 0. The van der Waals surface area contributed by atoms with Crippen molar-refractivity contribution >= 4 is 17.9 Å². The van der Waals surface area contributed by atoms with Gasteiger partial charge in [-0.2, -0.15) is 0 Å². The molecule has 0 aromatic rings. The summed E-state index contributed by atoms with van der Waals surface area (Å²) in [6.07, 6.45) is 1.16. The van der Waals surface area contributed by atoms with Gasteiger partial charge < -0.3 is 27.2 Å². The molecule has 0 aliphatic heterocycles. The Bertz CT molecular complexity index is 346. The molecule has 0 rings (SSSR count). The monoisotopic (exact) mass is 288 g/mol. The maximum absolute atomic E-state index is 11.8. The van der Waals surface area contributed by atoms with Crippen molar-refractivity contribution in [1.82, 2.24) is 10.6 Å². The Morgan fingerprint density at radius 1 is 1.25 bits per heavy atom. The molecule has 0 spiro atoms. The SMILES string of the molecule is CC(C)C[C@H](NC(=O)[C@@H](N)CCCNC(N)=O)C(=O)O. The molecule has 7 N–H and O–H groups in total. The predicted octanol–water partition coefficient (Wildman–Crippen LogP) is -0.622. The third-order valence-electron chi connectivity index (χ3n) is 2.65. The normalized spacial score (nSPS) is 13.6. The number of carboxylic acids is 1. The van der Waals surface area contributed by atoms with Crippen LogP contribution in [0.5, 0.6) is 0 Å². The summed E-state index contributed by atoms with van der Waals surface area (Å²) < 4.78 is 0. The summed E-state index contributed by atoms with van der Waals surface area (Å²) in [4.78, 5) is 33.2. The highest BCUT2D eigenvalue weighted by Gasteiger charge is 2.23. The number of primary amides is 1. The number of hydrogen-bond donors (Lipinski definition) is 5. The Labute approximate surface area is 118 Å². The fraction of sp³-hybridized carbons (Fsp3) is 0.750. The van der Waals surface area contributed by atoms with Crippen molar-refractivity contribution in [2.75, 3.05) is 6.54 Å². The molecular formula is C12H24N4O4. The number of rotatable bonds is 9. The summed E-state index contributed by atoms with van der Waals surface area (Å²) in [6.45, 7) is 4.07. The highest BCUT2D eigenvalue weighted by Crippen LogP contribution is 2.05. The zero-order valence-corrected chi connectivity index (χ0v) is 11.9. The molecule has 0 aliphatic rings. The molecule has 0 heterocycles. The molecular weight excluding hydrogens is 264 g/mol. The van der Waals surface area contributed by atoms with Crippen LogP contribution in [0, 0.1) is 5.92 Å². The quantitative estimate of drug-likeness (QED) is 0.358. The fourth-order valence-corrected chi connectivity index (χ4v) is 1.64. The minimum Gasteiger partial charge on any atom is -0.480 e. The van der Waals surface area contributed by atoms with Crippen LogP contribution in [0.15, 0.2) is 0 Å². The lowest BCUT2D eigenvalue weighted by atomic mass is 10.0. The van der Waals surface area contributed by atoms with E-state index in [1.807, 2.05) is 13.8 Å². The molecule has 0 saturated heterocycles. The second kappa shape index (κ2) is 9.13. The molecule has 0 fully saturated rings. The average molecular weight is 288 g/mol. The number of hydrogen-bond acceptors (Lipinski definition) is 4. The lowest BCUT2D eigenvalue weighted by Crippen LogP contribution is -2.49.